The van der Waals surface area contributed by atoms with Gasteiger partial charge in [0.2, 0.25) is 0 Å². The molecule has 1 heterocycles. The first-order valence-electron chi connectivity index (χ1n) is 10.8. The second-order valence-corrected chi connectivity index (χ2v) is 11.3. The molecule has 0 spiro atoms. The predicted molar refractivity (Wildman–Crippen MR) is 137 cm³/mol. The van der Waals surface area contributed by atoms with E-state index in [1.807, 2.05) is 72.8 Å². The van der Waals surface area contributed by atoms with E-state index in [1.54, 1.807) is 26.1 Å². The van der Waals surface area contributed by atoms with Crippen molar-refractivity contribution in [1.29, 1.82) is 0 Å². The van der Waals surface area contributed by atoms with Crippen LogP contribution in [-0.2, 0) is 19.4 Å². The number of aromatic nitrogens is 1. The average Bonchev–Trinajstić information content (AvgIpc) is 2.81. The fraction of sp³-hybridized carbons (Fsp3) is 0.143. The smallest absolute Gasteiger partial charge is 0.328 e. The Morgan fingerprint density at radius 2 is 1.62 bits per heavy atom. The second kappa shape index (κ2) is 8.88. The van der Waals surface area contributed by atoms with Gasteiger partial charge >= 0.3 is 5.97 Å². The number of carboxylic acid groups (broad SMARTS) is 1. The zero-order valence-corrected chi connectivity index (χ0v) is 20.0. The van der Waals surface area contributed by atoms with Gasteiger partial charge < -0.3 is 5.11 Å². The van der Waals surface area contributed by atoms with Gasteiger partial charge in [0.1, 0.15) is 0 Å². The molecule has 4 aromatic rings. The summed E-state index contributed by atoms with van der Waals surface area (Å²) in [5.41, 5.74) is 5.81. The van der Waals surface area contributed by atoms with E-state index in [9.17, 15) is 13.2 Å². The van der Waals surface area contributed by atoms with E-state index in [-0.39, 0.29) is 0 Å². The minimum Gasteiger partial charge on any atom is -0.478 e. The first-order chi connectivity index (χ1) is 16.1. The van der Waals surface area contributed by atoms with Gasteiger partial charge in [0.05, 0.1) is 10.3 Å². The van der Waals surface area contributed by atoms with Crippen LogP contribution in [0.4, 0.5) is 0 Å². The van der Waals surface area contributed by atoms with Crippen LogP contribution >= 0.6 is 0 Å². The number of hydrogen-bond donors (Lipinski definition) is 1. The minimum absolute atomic E-state index is 0.695. The monoisotopic (exact) mass is 471 g/mol. The van der Waals surface area contributed by atoms with E-state index >= 15 is 0 Å². The molecule has 0 saturated heterocycles. The molecule has 1 N–H and O–H groups in total. The van der Waals surface area contributed by atoms with Gasteiger partial charge in [0.15, 0.2) is 9.84 Å². The summed E-state index contributed by atoms with van der Waals surface area (Å²) in [5, 5.41) is 9.90. The standard InChI is InChI=1S/C28H25NO4S/c1-28(2,34(3,32)33)23-17-22-11-7-15-29-27(22)25(18-23)21-10-6-9-20(16-21)24-12-5-4-8-19(24)13-14-26(30)31/h4-18H,1-3H3,(H,30,31). The quantitative estimate of drug-likeness (QED) is 0.352. The van der Waals surface area contributed by atoms with Crippen LogP contribution in [-0.4, -0.2) is 30.7 Å². The summed E-state index contributed by atoms with van der Waals surface area (Å²) >= 11 is 0. The van der Waals surface area contributed by atoms with E-state index in [2.05, 4.69) is 4.98 Å². The molecule has 4 rings (SSSR count). The van der Waals surface area contributed by atoms with Crippen LogP contribution in [0.3, 0.4) is 0 Å². The molecular formula is C28H25NO4S. The van der Waals surface area contributed by atoms with Gasteiger partial charge in [-0.25, -0.2) is 13.2 Å². The van der Waals surface area contributed by atoms with Crippen molar-refractivity contribution >= 4 is 32.8 Å². The first-order valence-corrected chi connectivity index (χ1v) is 12.7. The van der Waals surface area contributed by atoms with Gasteiger partial charge in [0, 0.05) is 29.5 Å². The number of fused-ring (bicyclic) bond motifs is 1. The number of benzene rings is 3. The Hall–Kier alpha value is -3.77. The van der Waals surface area contributed by atoms with Crippen molar-refractivity contribution in [3.8, 4) is 22.3 Å². The number of aliphatic carboxylic acids is 1. The third-order valence-electron chi connectivity index (χ3n) is 6.18. The molecule has 0 bridgehead atoms. The molecule has 0 aliphatic heterocycles. The highest BCUT2D eigenvalue weighted by Crippen LogP contribution is 2.37. The normalized spacial score (nSPS) is 12.3. The van der Waals surface area contributed by atoms with Crippen molar-refractivity contribution in [1.82, 2.24) is 4.98 Å². The summed E-state index contributed by atoms with van der Waals surface area (Å²) in [7, 11) is -3.37. The molecule has 34 heavy (non-hydrogen) atoms. The number of hydrogen-bond acceptors (Lipinski definition) is 4. The van der Waals surface area contributed by atoms with Crippen molar-refractivity contribution in [2.24, 2.45) is 0 Å². The third-order valence-corrected chi connectivity index (χ3v) is 8.27. The Balaban J connectivity index is 1.93. The molecular weight excluding hydrogens is 446 g/mol. The summed E-state index contributed by atoms with van der Waals surface area (Å²) in [6, 6.07) is 23.1. The van der Waals surface area contributed by atoms with E-state index in [0.29, 0.717) is 5.56 Å². The highest BCUT2D eigenvalue weighted by atomic mass is 32.2. The van der Waals surface area contributed by atoms with Crippen LogP contribution in [0.2, 0.25) is 0 Å². The van der Waals surface area contributed by atoms with Crippen LogP contribution in [0, 0.1) is 0 Å². The van der Waals surface area contributed by atoms with Crippen molar-refractivity contribution in [2.75, 3.05) is 6.26 Å². The van der Waals surface area contributed by atoms with Crippen LogP contribution in [0.5, 0.6) is 0 Å². The maximum atomic E-state index is 12.6. The fourth-order valence-electron chi connectivity index (χ4n) is 3.89. The molecule has 0 saturated carbocycles. The summed E-state index contributed by atoms with van der Waals surface area (Å²) in [6.45, 7) is 3.43. The second-order valence-electron chi connectivity index (χ2n) is 8.72. The first kappa shape index (κ1) is 23.4. The topological polar surface area (TPSA) is 84.3 Å². The average molecular weight is 472 g/mol. The molecule has 0 fully saturated rings. The number of rotatable bonds is 6. The third kappa shape index (κ3) is 4.50. The largest absolute Gasteiger partial charge is 0.478 e. The number of sulfone groups is 1. The summed E-state index contributed by atoms with van der Waals surface area (Å²) < 4.78 is 24.0. The van der Waals surface area contributed by atoms with Crippen molar-refractivity contribution in [3.63, 3.8) is 0 Å². The van der Waals surface area contributed by atoms with Crippen LogP contribution in [0.1, 0.15) is 25.0 Å². The van der Waals surface area contributed by atoms with E-state index in [0.717, 1.165) is 44.8 Å². The molecule has 172 valence electrons. The summed E-state index contributed by atoms with van der Waals surface area (Å²) in [6.07, 6.45) is 5.68. The van der Waals surface area contributed by atoms with E-state index < -0.39 is 20.6 Å². The zero-order chi connectivity index (χ0) is 24.5. The van der Waals surface area contributed by atoms with Gasteiger partial charge in [-0.3, -0.25) is 4.98 Å². The van der Waals surface area contributed by atoms with E-state index in [1.165, 1.54) is 6.26 Å². The molecule has 0 radical (unpaired) electrons. The molecule has 0 atom stereocenters. The molecule has 6 heteroatoms. The van der Waals surface area contributed by atoms with Gasteiger partial charge in [-0.1, -0.05) is 48.5 Å². The SMILES string of the molecule is CC(C)(c1cc(-c2cccc(-c3ccccc3C=CC(=O)O)c2)c2ncccc2c1)S(C)(=O)=O. The molecule has 5 nitrogen and oxygen atoms in total. The highest BCUT2D eigenvalue weighted by molar-refractivity contribution is 7.91. The Kier molecular flexibility index (Phi) is 6.11. The lowest BCUT2D eigenvalue weighted by atomic mass is 9.91. The molecule has 1 aromatic heterocycles. The summed E-state index contributed by atoms with van der Waals surface area (Å²) in [4.78, 5) is 15.6. The lowest BCUT2D eigenvalue weighted by Crippen LogP contribution is -2.28. The molecule has 0 unspecified atom stereocenters. The lowest BCUT2D eigenvalue weighted by Gasteiger charge is -2.24. The Morgan fingerprint density at radius 1 is 0.912 bits per heavy atom. The van der Waals surface area contributed by atoms with Crippen molar-refractivity contribution < 1.29 is 18.3 Å². The van der Waals surface area contributed by atoms with Crippen molar-refractivity contribution in [2.45, 2.75) is 18.6 Å². The van der Waals surface area contributed by atoms with Crippen LogP contribution in [0.25, 0.3) is 39.2 Å². The zero-order valence-electron chi connectivity index (χ0n) is 19.2. The van der Waals surface area contributed by atoms with Crippen LogP contribution in [0.15, 0.2) is 85.1 Å². The maximum absolute atomic E-state index is 12.6. The predicted octanol–water partition coefficient (Wildman–Crippen LogP) is 5.95. The maximum Gasteiger partial charge on any atom is 0.328 e. The molecule has 0 aliphatic rings. The highest BCUT2D eigenvalue weighted by Gasteiger charge is 2.33. The minimum atomic E-state index is -3.37. The van der Waals surface area contributed by atoms with Gasteiger partial charge in [-0.15, -0.1) is 0 Å². The van der Waals surface area contributed by atoms with Crippen molar-refractivity contribution in [3.05, 3.63) is 96.2 Å². The summed E-state index contributed by atoms with van der Waals surface area (Å²) in [5.74, 6) is -1.01. The molecule has 0 aliphatic carbocycles. The lowest BCUT2D eigenvalue weighted by molar-refractivity contribution is -0.131. The van der Waals surface area contributed by atoms with Gasteiger partial charge in [0.25, 0.3) is 0 Å². The van der Waals surface area contributed by atoms with Gasteiger partial charge in [-0.05, 0) is 72.0 Å². The Labute approximate surface area is 199 Å². The van der Waals surface area contributed by atoms with E-state index in [4.69, 9.17) is 5.11 Å². The Morgan fingerprint density at radius 3 is 2.32 bits per heavy atom. The molecule has 3 aromatic carbocycles. The fourth-order valence-corrected chi connectivity index (χ4v) is 4.44. The number of pyridine rings is 1. The molecule has 0 amide bonds. The number of carbonyl (C=O) groups is 1. The number of carboxylic acids is 1. The number of nitrogens with zero attached hydrogens (tertiary/aromatic N) is 1. The van der Waals surface area contributed by atoms with Crippen LogP contribution < -0.4 is 0 Å². The Bertz CT molecular complexity index is 1540. The van der Waals surface area contributed by atoms with Gasteiger partial charge in [-0.2, -0.15) is 0 Å².